The smallest absolute Gasteiger partial charge is 0.303 e. The van der Waals surface area contributed by atoms with Gasteiger partial charge in [0.1, 0.15) is 0 Å². The van der Waals surface area contributed by atoms with Crippen LogP contribution in [-0.4, -0.2) is 20.6 Å². The molecule has 1 aromatic carbocycles. The van der Waals surface area contributed by atoms with Crippen molar-refractivity contribution in [3.05, 3.63) is 60.6 Å². The molecule has 0 bridgehead atoms. The van der Waals surface area contributed by atoms with Crippen LogP contribution in [0.4, 0.5) is 0 Å². The van der Waals surface area contributed by atoms with E-state index in [2.05, 4.69) is 9.55 Å². The highest BCUT2D eigenvalue weighted by molar-refractivity contribution is 5.86. The highest BCUT2D eigenvalue weighted by Gasteiger charge is 2.17. The SMILES string of the molecule is CC(CC(=O)O)c1cn(-c2cccnc2)c2ccccc12.Cl. The number of aliphatic carboxylic acids is 1. The van der Waals surface area contributed by atoms with Crippen molar-refractivity contribution in [1.82, 2.24) is 9.55 Å². The summed E-state index contributed by atoms with van der Waals surface area (Å²) in [7, 11) is 0. The fourth-order valence-electron chi connectivity index (χ4n) is 2.68. The molecule has 0 saturated carbocycles. The highest BCUT2D eigenvalue weighted by Crippen LogP contribution is 2.31. The first-order valence-corrected chi connectivity index (χ1v) is 6.89. The quantitative estimate of drug-likeness (QED) is 0.790. The van der Waals surface area contributed by atoms with Crippen molar-refractivity contribution >= 4 is 29.3 Å². The summed E-state index contributed by atoms with van der Waals surface area (Å²) in [6.45, 7) is 1.95. The molecule has 0 spiro atoms. The van der Waals surface area contributed by atoms with Gasteiger partial charge in [-0.1, -0.05) is 25.1 Å². The number of pyridine rings is 1. The number of fused-ring (bicyclic) bond motifs is 1. The van der Waals surface area contributed by atoms with E-state index in [0.29, 0.717) is 0 Å². The minimum absolute atomic E-state index is 0. The zero-order chi connectivity index (χ0) is 14.8. The average molecular weight is 317 g/mol. The van der Waals surface area contributed by atoms with E-state index in [4.69, 9.17) is 5.11 Å². The summed E-state index contributed by atoms with van der Waals surface area (Å²) in [5.74, 6) is -0.814. The maximum absolute atomic E-state index is 11.0. The standard InChI is InChI=1S/C17H16N2O2.ClH/c1-12(9-17(20)21)15-11-19(13-5-4-8-18-10-13)16-7-3-2-6-14(15)16;/h2-8,10-12H,9H2,1H3,(H,20,21);1H. The minimum Gasteiger partial charge on any atom is -0.481 e. The summed E-state index contributed by atoms with van der Waals surface area (Å²) in [6.07, 6.45) is 5.69. The maximum atomic E-state index is 11.0. The highest BCUT2D eigenvalue weighted by atomic mass is 35.5. The van der Waals surface area contributed by atoms with Crippen LogP contribution < -0.4 is 0 Å². The summed E-state index contributed by atoms with van der Waals surface area (Å²) in [4.78, 5) is 15.1. The monoisotopic (exact) mass is 316 g/mol. The van der Waals surface area contributed by atoms with Crippen molar-refractivity contribution < 1.29 is 9.90 Å². The van der Waals surface area contributed by atoms with Crippen LogP contribution in [0.3, 0.4) is 0 Å². The molecule has 3 rings (SSSR count). The molecule has 22 heavy (non-hydrogen) atoms. The van der Waals surface area contributed by atoms with Crippen molar-refractivity contribution in [2.24, 2.45) is 0 Å². The van der Waals surface area contributed by atoms with Crippen LogP contribution in [0.2, 0.25) is 0 Å². The zero-order valence-corrected chi connectivity index (χ0v) is 13.0. The fourth-order valence-corrected chi connectivity index (χ4v) is 2.68. The Morgan fingerprint density at radius 1 is 1.27 bits per heavy atom. The Morgan fingerprint density at radius 2 is 2.05 bits per heavy atom. The van der Waals surface area contributed by atoms with E-state index < -0.39 is 5.97 Å². The van der Waals surface area contributed by atoms with Gasteiger partial charge in [0.25, 0.3) is 0 Å². The Kier molecular flexibility index (Phi) is 4.83. The van der Waals surface area contributed by atoms with Gasteiger partial charge >= 0.3 is 5.97 Å². The summed E-state index contributed by atoms with van der Waals surface area (Å²) in [5.41, 5.74) is 3.09. The number of halogens is 1. The van der Waals surface area contributed by atoms with Crippen molar-refractivity contribution in [3.63, 3.8) is 0 Å². The van der Waals surface area contributed by atoms with Crippen molar-refractivity contribution in [2.45, 2.75) is 19.3 Å². The van der Waals surface area contributed by atoms with Gasteiger partial charge in [-0.3, -0.25) is 9.78 Å². The van der Waals surface area contributed by atoms with Gasteiger partial charge < -0.3 is 9.67 Å². The third-order valence-corrected chi connectivity index (χ3v) is 3.68. The van der Waals surface area contributed by atoms with Crippen LogP contribution in [0, 0.1) is 0 Å². The fraction of sp³-hybridized carbons (Fsp3) is 0.176. The zero-order valence-electron chi connectivity index (χ0n) is 12.1. The van der Waals surface area contributed by atoms with Gasteiger partial charge in [-0.2, -0.15) is 0 Å². The molecule has 4 nitrogen and oxygen atoms in total. The number of para-hydroxylation sites is 1. The van der Waals surface area contributed by atoms with Gasteiger partial charge in [-0.25, -0.2) is 0 Å². The summed E-state index contributed by atoms with van der Waals surface area (Å²) < 4.78 is 2.07. The van der Waals surface area contributed by atoms with Crippen molar-refractivity contribution in [3.8, 4) is 5.69 Å². The first kappa shape index (κ1) is 16.0. The summed E-state index contributed by atoms with van der Waals surface area (Å²) in [6, 6.07) is 11.9. The topological polar surface area (TPSA) is 55.1 Å². The normalized spacial score (nSPS) is 11.9. The van der Waals surface area contributed by atoms with E-state index in [1.54, 1.807) is 12.4 Å². The first-order valence-electron chi connectivity index (χ1n) is 6.89. The molecule has 1 N–H and O–H groups in total. The number of carbonyl (C=O) groups is 1. The van der Waals surface area contributed by atoms with E-state index in [9.17, 15) is 4.79 Å². The Bertz CT molecular complexity index is 784. The molecule has 0 aliphatic rings. The molecule has 2 heterocycles. The van der Waals surface area contributed by atoms with Gasteiger partial charge in [0.2, 0.25) is 0 Å². The summed E-state index contributed by atoms with van der Waals surface area (Å²) >= 11 is 0. The number of aromatic nitrogens is 2. The van der Waals surface area contributed by atoms with Crippen LogP contribution >= 0.6 is 12.4 Å². The molecule has 0 aliphatic carbocycles. The van der Waals surface area contributed by atoms with Gasteiger partial charge in [-0.15, -0.1) is 12.4 Å². The molecule has 1 unspecified atom stereocenters. The van der Waals surface area contributed by atoms with Gasteiger partial charge in [0, 0.05) is 17.8 Å². The molecule has 5 heteroatoms. The lowest BCUT2D eigenvalue weighted by Crippen LogP contribution is -2.02. The largest absolute Gasteiger partial charge is 0.481 e. The maximum Gasteiger partial charge on any atom is 0.303 e. The van der Waals surface area contributed by atoms with Crippen LogP contribution in [-0.2, 0) is 4.79 Å². The first-order chi connectivity index (χ1) is 10.2. The number of nitrogens with zero attached hydrogens (tertiary/aromatic N) is 2. The Hall–Kier alpha value is -2.33. The van der Waals surface area contributed by atoms with Crippen LogP contribution in [0.1, 0.15) is 24.8 Å². The Labute approximate surface area is 134 Å². The predicted molar refractivity (Wildman–Crippen MR) is 89.0 cm³/mol. The van der Waals surface area contributed by atoms with E-state index in [1.807, 2.05) is 49.5 Å². The summed E-state index contributed by atoms with van der Waals surface area (Å²) in [5, 5.41) is 10.1. The number of carboxylic acid groups (broad SMARTS) is 1. The third kappa shape index (κ3) is 2.97. The second kappa shape index (κ2) is 6.62. The molecule has 0 saturated heterocycles. The molecule has 0 radical (unpaired) electrons. The number of hydrogen-bond acceptors (Lipinski definition) is 2. The molecular formula is C17H17ClN2O2. The molecule has 0 amide bonds. The van der Waals surface area contributed by atoms with E-state index >= 15 is 0 Å². The average Bonchev–Trinajstić information content (AvgIpc) is 2.87. The molecule has 0 fully saturated rings. The van der Waals surface area contributed by atoms with Gasteiger partial charge in [0.05, 0.1) is 23.8 Å². The van der Waals surface area contributed by atoms with Crippen LogP contribution in [0.25, 0.3) is 16.6 Å². The number of hydrogen-bond donors (Lipinski definition) is 1. The molecule has 2 aromatic heterocycles. The Morgan fingerprint density at radius 3 is 2.73 bits per heavy atom. The molecule has 0 aliphatic heterocycles. The van der Waals surface area contributed by atoms with Crippen LogP contribution in [0.5, 0.6) is 0 Å². The molecule has 3 aromatic rings. The van der Waals surface area contributed by atoms with E-state index in [-0.39, 0.29) is 24.7 Å². The lowest BCUT2D eigenvalue weighted by Gasteiger charge is -2.06. The van der Waals surface area contributed by atoms with Gasteiger partial charge in [0.15, 0.2) is 0 Å². The minimum atomic E-state index is -0.777. The lowest BCUT2D eigenvalue weighted by molar-refractivity contribution is -0.137. The van der Waals surface area contributed by atoms with E-state index in [0.717, 1.165) is 22.2 Å². The van der Waals surface area contributed by atoms with Crippen molar-refractivity contribution in [1.29, 1.82) is 0 Å². The number of benzene rings is 1. The van der Waals surface area contributed by atoms with Gasteiger partial charge in [-0.05, 0) is 29.7 Å². The van der Waals surface area contributed by atoms with E-state index in [1.165, 1.54) is 0 Å². The second-order valence-electron chi connectivity index (χ2n) is 5.18. The van der Waals surface area contributed by atoms with Crippen LogP contribution in [0.15, 0.2) is 55.0 Å². The van der Waals surface area contributed by atoms with Crippen molar-refractivity contribution in [2.75, 3.05) is 0 Å². The lowest BCUT2D eigenvalue weighted by atomic mass is 9.97. The Balaban J connectivity index is 0.00000176. The molecular weight excluding hydrogens is 300 g/mol. The predicted octanol–water partition coefficient (Wildman–Crippen LogP) is 4.03. The molecule has 114 valence electrons. The number of carboxylic acids is 1. The number of rotatable bonds is 4. The molecule has 1 atom stereocenters. The second-order valence-corrected chi connectivity index (χ2v) is 5.18. The third-order valence-electron chi connectivity index (χ3n) is 3.68.